The van der Waals surface area contributed by atoms with Crippen molar-refractivity contribution in [2.75, 3.05) is 11.9 Å². The largest absolute Gasteiger partial charge is 0.387 e. The van der Waals surface area contributed by atoms with Crippen LogP contribution in [0.15, 0.2) is 29.6 Å². The fraction of sp³-hybridized carbons (Fsp3) is 0.308. The highest BCUT2D eigenvalue weighted by atomic mass is 32.1. The molecule has 0 amide bonds. The monoisotopic (exact) mass is 248 g/mol. The van der Waals surface area contributed by atoms with E-state index in [0.29, 0.717) is 0 Å². The van der Waals surface area contributed by atoms with Crippen molar-refractivity contribution in [3.8, 4) is 0 Å². The zero-order valence-electron chi connectivity index (χ0n) is 10.2. The van der Waals surface area contributed by atoms with Gasteiger partial charge < -0.3 is 10.0 Å². The van der Waals surface area contributed by atoms with Crippen molar-refractivity contribution in [1.82, 2.24) is 4.98 Å². The van der Waals surface area contributed by atoms with Crippen molar-refractivity contribution in [2.45, 2.75) is 20.0 Å². The number of benzene rings is 1. The molecule has 1 heterocycles. The maximum Gasteiger partial charge on any atom is 0.189 e. The van der Waals surface area contributed by atoms with Gasteiger partial charge in [0.25, 0.3) is 0 Å². The summed E-state index contributed by atoms with van der Waals surface area (Å²) in [5.74, 6) is 0. The summed E-state index contributed by atoms with van der Waals surface area (Å²) in [6, 6.07) is 8.19. The van der Waals surface area contributed by atoms with Crippen LogP contribution in [0.4, 0.5) is 10.8 Å². The summed E-state index contributed by atoms with van der Waals surface area (Å²) in [6.07, 6.45) is -0.509. The number of aryl methyl sites for hydroxylation is 1. The van der Waals surface area contributed by atoms with Gasteiger partial charge in [-0.15, -0.1) is 11.3 Å². The lowest BCUT2D eigenvalue weighted by Gasteiger charge is -2.18. The first kappa shape index (κ1) is 12.1. The van der Waals surface area contributed by atoms with Gasteiger partial charge in [-0.25, -0.2) is 4.98 Å². The molecule has 90 valence electrons. The number of anilines is 2. The summed E-state index contributed by atoms with van der Waals surface area (Å²) in [7, 11) is 1.99. The highest BCUT2D eigenvalue weighted by Gasteiger charge is 2.12. The zero-order valence-corrected chi connectivity index (χ0v) is 11.0. The predicted octanol–water partition coefficient (Wildman–Crippen LogP) is 3.27. The highest BCUT2D eigenvalue weighted by molar-refractivity contribution is 7.13. The summed E-state index contributed by atoms with van der Waals surface area (Å²) in [5, 5.41) is 12.3. The van der Waals surface area contributed by atoms with Crippen molar-refractivity contribution in [1.29, 1.82) is 0 Å². The van der Waals surface area contributed by atoms with Gasteiger partial charge in [-0.2, -0.15) is 0 Å². The molecule has 0 aliphatic rings. The Morgan fingerprint density at radius 2 is 2.06 bits per heavy atom. The second-order valence-electron chi connectivity index (χ2n) is 4.08. The molecule has 0 radical (unpaired) electrons. The van der Waals surface area contributed by atoms with Crippen LogP contribution < -0.4 is 4.90 Å². The van der Waals surface area contributed by atoms with E-state index >= 15 is 0 Å². The molecule has 1 atom stereocenters. The molecule has 1 aromatic carbocycles. The van der Waals surface area contributed by atoms with Crippen molar-refractivity contribution in [2.24, 2.45) is 0 Å². The quantitative estimate of drug-likeness (QED) is 0.905. The SMILES string of the molecule is Cc1ccccc1N(C)c1nc(C(C)O)cs1. The van der Waals surface area contributed by atoms with Crippen LogP contribution >= 0.6 is 11.3 Å². The van der Waals surface area contributed by atoms with Crippen LogP contribution in [0.5, 0.6) is 0 Å². The molecule has 0 bridgehead atoms. The van der Waals surface area contributed by atoms with Gasteiger partial charge in [-0.3, -0.25) is 0 Å². The molecule has 4 heteroatoms. The van der Waals surface area contributed by atoms with E-state index in [1.165, 1.54) is 5.56 Å². The summed E-state index contributed by atoms with van der Waals surface area (Å²) in [4.78, 5) is 6.47. The predicted molar refractivity (Wildman–Crippen MR) is 72.0 cm³/mol. The molecule has 0 aliphatic heterocycles. The van der Waals surface area contributed by atoms with E-state index in [4.69, 9.17) is 0 Å². The van der Waals surface area contributed by atoms with E-state index in [2.05, 4.69) is 24.0 Å². The van der Waals surface area contributed by atoms with E-state index in [1.807, 2.05) is 29.5 Å². The van der Waals surface area contributed by atoms with Gasteiger partial charge >= 0.3 is 0 Å². The van der Waals surface area contributed by atoms with Crippen molar-refractivity contribution >= 4 is 22.2 Å². The van der Waals surface area contributed by atoms with Crippen LogP contribution in [0.1, 0.15) is 24.3 Å². The smallest absolute Gasteiger partial charge is 0.189 e. The molecular formula is C13H16N2OS. The number of aliphatic hydroxyl groups excluding tert-OH is 1. The second kappa shape index (κ2) is 4.85. The summed E-state index contributed by atoms with van der Waals surface area (Å²) < 4.78 is 0. The average molecular weight is 248 g/mol. The number of rotatable bonds is 3. The van der Waals surface area contributed by atoms with Crippen molar-refractivity contribution in [3.63, 3.8) is 0 Å². The Hall–Kier alpha value is -1.39. The number of thiazole rings is 1. The molecule has 0 spiro atoms. The van der Waals surface area contributed by atoms with E-state index in [9.17, 15) is 5.11 Å². The Morgan fingerprint density at radius 1 is 1.35 bits per heavy atom. The number of para-hydroxylation sites is 1. The van der Waals surface area contributed by atoms with Gasteiger partial charge in [-0.05, 0) is 25.5 Å². The number of hydrogen-bond acceptors (Lipinski definition) is 4. The molecule has 2 aromatic rings. The molecule has 17 heavy (non-hydrogen) atoms. The van der Waals surface area contributed by atoms with Crippen LogP contribution in [0, 0.1) is 6.92 Å². The Bertz CT molecular complexity index is 508. The lowest BCUT2D eigenvalue weighted by molar-refractivity contribution is 0.195. The summed E-state index contributed by atoms with van der Waals surface area (Å²) in [6.45, 7) is 3.81. The van der Waals surface area contributed by atoms with Gasteiger partial charge in [0.1, 0.15) is 0 Å². The van der Waals surface area contributed by atoms with E-state index < -0.39 is 6.10 Å². The third-order valence-electron chi connectivity index (χ3n) is 2.70. The van der Waals surface area contributed by atoms with E-state index in [1.54, 1.807) is 18.3 Å². The minimum Gasteiger partial charge on any atom is -0.387 e. The first-order chi connectivity index (χ1) is 8.09. The van der Waals surface area contributed by atoms with E-state index in [0.717, 1.165) is 16.5 Å². The molecule has 1 unspecified atom stereocenters. The van der Waals surface area contributed by atoms with Crippen molar-refractivity contribution in [3.05, 3.63) is 40.9 Å². The maximum absolute atomic E-state index is 9.47. The standard InChI is InChI=1S/C13H16N2OS/c1-9-6-4-5-7-12(9)15(3)13-14-11(8-17-13)10(2)16/h4-8,10,16H,1-3H3. The average Bonchev–Trinajstić information content (AvgIpc) is 2.78. The van der Waals surface area contributed by atoms with Crippen molar-refractivity contribution < 1.29 is 5.11 Å². The Labute approximate surface area is 105 Å². The zero-order chi connectivity index (χ0) is 12.4. The molecule has 0 aliphatic carbocycles. The normalized spacial score (nSPS) is 12.5. The molecule has 0 saturated carbocycles. The number of nitrogens with zero attached hydrogens (tertiary/aromatic N) is 2. The topological polar surface area (TPSA) is 36.4 Å². The number of aromatic nitrogens is 1. The number of aliphatic hydroxyl groups is 1. The van der Waals surface area contributed by atoms with Gasteiger partial charge in [0, 0.05) is 18.1 Å². The molecule has 3 nitrogen and oxygen atoms in total. The Morgan fingerprint density at radius 3 is 2.65 bits per heavy atom. The molecule has 2 rings (SSSR count). The van der Waals surface area contributed by atoms with Crippen LogP contribution in [0.2, 0.25) is 0 Å². The lowest BCUT2D eigenvalue weighted by Crippen LogP contribution is -2.10. The highest BCUT2D eigenvalue weighted by Crippen LogP contribution is 2.30. The molecular weight excluding hydrogens is 232 g/mol. The van der Waals surface area contributed by atoms with Gasteiger partial charge in [0.05, 0.1) is 11.8 Å². The minimum atomic E-state index is -0.509. The third-order valence-corrected chi connectivity index (χ3v) is 3.64. The van der Waals surface area contributed by atoms with Crippen LogP contribution in [0.25, 0.3) is 0 Å². The lowest BCUT2D eigenvalue weighted by atomic mass is 10.2. The minimum absolute atomic E-state index is 0.509. The molecule has 0 fully saturated rings. The summed E-state index contributed by atoms with van der Waals surface area (Å²) >= 11 is 1.54. The second-order valence-corrected chi connectivity index (χ2v) is 4.91. The summed E-state index contributed by atoms with van der Waals surface area (Å²) in [5.41, 5.74) is 3.08. The van der Waals surface area contributed by atoms with Gasteiger partial charge in [-0.1, -0.05) is 18.2 Å². The first-order valence-corrected chi connectivity index (χ1v) is 6.40. The first-order valence-electron chi connectivity index (χ1n) is 5.52. The molecule has 0 saturated heterocycles. The third kappa shape index (κ3) is 2.48. The maximum atomic E-state index is 9.47. The fourth-order valence-corrected chi connectivity index (χ4v) is 2.56. The Kier molecular flexibility index (Phi) is 3.45. The van der Waals surface area contributed by atoms with Gasteiger partial charge in [0.15, 0.2) is 5.13 Å². The van der Waals surface area contributed by atoms with Gasteiger partial charge in [0.2, 0.25) is 0 Å². The van der Waals surface area contributed by atoms with E-state index in [-0.39, 0.29) is 0 Å². The Balaban J connectivity index is 2.31. The molecule has 1 N–H and O–H groups in total. The molecule has 1 aromatic heterocycles. The number of hydrogen-bond donors (Lipinski definition) is 1. The van der Waals surface area contributed by atoms with Crippen LogP contribution in [0.3, 0.4) is 0 Å². The van der Waals surface area contributed by atoms with Crippen LogP contribution in [-0.4, -0.2) is 17.1 Å². The fourth-order valence-electron chi connectivity index (χ4n) is 1.66. The van der Waals surface area contributed by atoms with Crippen LogP contribution in [-0.2, 0) is 0 Å².